The maximum Gasteiger partial charge on any atom is 0.273 e. The number of aromatic nitrogens is 1. The molecule has 0 saturated carbocycles. The highest BCUT2D eigenvalue weighted by Gasteiger charge is 2.14. The highest BCUT2D eigenvalue weighted by Crippen LogP contribution is 2.22. The van der Waals surface area contributed by atoms with Gasteiger partial charge < -0.3 is 9.47 Å². The van der Waals surface area contributed by atoms with Crippen molar-refractivity contribution in [3.63, 3.8) is 0 Å². The van der Waals surface area contributed by atoms with E-state index in [1.54, 1.807) is 60.9 Å². The van der Waals surface area contributed by atoms with Gasteiger partial charge in [0.1, 0.15) is 17.2 Å². The number of hydrogen-bond acceptors (Lipinski definition) is 5. The molecule has 8 heteroatoms. The lowest BCUT2D eigenvalue weighted by atomic mass is 10.2. The van der Waals surface area contributed by atoms with Crippen LogP contribution in [0.25, 0.3) is 0 Å². The molecule has 0 spiro atoms. The molecule has 142 valence electrons. The third kappa shape index (κ3) is 4.77. The van der Waals surface area contributed by atoms with E-state index in [0.29, 0.717) is 27.8 Å². The summed E-state index contributed by atoms with van der Waals surface area (Å²) in [6.07, 6.45) is 3.24. The normalized spacial score (nSPS) is 10.1. The minimum absolute atomic E-state index is 0.205. The van der Waals surface area contributed by atoms with Crippen molar-refractivity contribution in [2.75, 3.05) is 7.11 Å². The van der Waals surface area contributed by atoms with Crippen molar-refractivity contribution < 1.29 is 19.1 Å². The largest absolute Gasteiger partial charge is 0.496 e. The van der Waals surface area contributed by atoms with Gasteiger partial charge >= 0.3 is 0 Å². The SMILES string of the molecule is COc1ccc(Cl)cc1C(=O)NNC(=O)c1ccc(Oc2ccncc2)cc1. The number of pyridine rings is 1. The molecule has 2 amide bonds. The Kier molecular flexibility index (Phi) is 6.08. The van der Waals surface area contributed by atoms with Gasteiger partial charge in [-0.25, -0.2) is 0 Å². The van der Waals surface area contributed by atoms with Crippen LogP contribution in [0.1, 0.15) is 20.7 Å². The van der Waals surface area contributed by atoms with E-state index in [0.717, 1.165) is 0 Å². The lowest BCUT2D eigenvalue weighted by molar-refractivity contribution is 0.0845. The number of hydrogen-bond donors (Lipinski definition) is 2. The second-order valence-corrected chi connectivity index (χ2v) is 6.00. The average Bonchev–Trinajstić information content (AvgIpc) is 2.73. The summed E-state index contributed by atoms with van der Waals surface area (Å²) in [6, 6.07) is 14.5. The maximum atomic E-state index is 12.3. The van der Waals surface area contributed by atoms with Crippen LogP contribution in [-0.4, -0.2) is 23.9 Å². The van der Waals surface area contributed by atoms with Gasteiger partial charge in [0.2, 0.25) is 0 Å². The highest BCUT2D eigenvalue weighted by atomic mass is 35.5. The Bertz CT molecular complexity index is 979. The molecule has 3 rings (SSSR count). The molecular weight excluding hydrogens is 382 g/mol. The molecule has 0 atom stereocenters. The summed E-state index contributed by atoms with van der Waals surface area (Å²) in [7, 11) is 1.44. The third-order valence-corrected chi connectivity index (χ3v) is 3.93. The van der Waals surface area contributed by atoms with E-state index in [4.69, 9.17) is 21.1 Å². The van der Waals surface area contributed by atoms with Gasteiger partial charge in [0.05, 0.1) is 12.7 Å². The first-order valence-electron chi connectivity index (χ1n) is 8.19. The van der Waals surface area contributed by atoms with Crippen molar-refractivity contribution in [3.8, 4) is 17.2 Å². The van der Waals surface area contributed by atoms with Crippen LogP contribution in [0.5, 0.6) is 17.2 Å². The molecule has 0 unspecified atom stereocenters. The van der Waals surface area contributed by atoms with Crippen molar-refractivity contribution in [2.24, 2.45) is 0 Å². The summed E-state index contributed by atoms with van der Waals surface area (Å²) in [6.45, 7) is 0. The second-order valence-electron chi connectivity index (χ2n) is 5.56. The number of ether oxygens (including phenoxy) is 2. The highest BCUT2D eigenvalue weighted by molar-refractivity contribution is 6.31. The molecule has 0 aliphatic carbocycles. The Morgan fingerprint density at radius 3 is 2.21 bits per heavy atom. The number of halogens is 1. The Morgan fingerprint density at radius 1 is 0.893 bits per heavy atom. The molecule has 3 aromatic rings. The summed E-state index contributed by atoms with van der Waals surface area (Å²) in [5, 5.41) is 0.377. The lowest BCUT2D eigenvalue weighted by Crippen LogP contribution is -2.41. The molecule has 0 bridgehead atoms. The number of nitrogens with zero attached hydrogens (tertiary/aromatic N) is 1. The zero-order valence-corrected chi connectivity index (χ0v) is 15.6. The monoisotopic (exact) mass is 397 g/mol. The fourth-order valence-corrected chi connectivity index (χ4v) is 2.50. The van der Waals surface area contributed by atoms with Gasteiger partial charge in [-0.05, 0) is 54.6 Å². The molecule has 2 aromatic carbocycles. The second kappa shape index (κ2) is 8.88. The van der Waals surface area contributed by atoms with Crippen LogP contribution in [0.2, 0.25) is 5.02 Å². The summed E-state index contributed by atoms with van der Waals surface area (Å²) in [4.78, 5) is 28.4. The number of amides is 2. The van der Waals surface area contributed by atoms with Gasteiger partial charge in [-0.3, -0.25) is 25.4 Å². The maximum absolute atomic E-state index is 12.3. The van der Waals surface area contributed by atoms with E-state index < -0.39 is 11.8 Å². The number of rotatable bonds is 5. The number of methoxy groups -OCH3 is 1. The topological polar surface area (TPSA) is 89.6 Å². The number of carbonyl (C=O) groups is 2. The smallest absolute Gasteiger partial charge is 0.273 e. The van der Waals surface area contributed by atoms with Crippen molar-refractivity contribution >= 4 is 23.4 Å². The predicted octanol–water partition coefficient (Wildman–Crippen LogP) is 3.61. The van der Waals surface area contributed by atoms with Crippen molar-refractivity contribution in [1.82, 2.24) is 15.8 Å². The fraction of sp³-hybridized carbons (Fsp3) is 0.0500. The molecule has 2 N–H and O–H groups in total. The molecule has 0 aliphatic heterocycles. The molecule has 1 heterocycles. The minimum Gasteiger partial charge on any atom is -0.496 e. The summed E-state index contributed by atoms with van der Waals surface area (Å²) in [5.74, 6) is 0.509. The minimum atomic E-state index is -0.551. The van der Waals surface area contributed by atoms with E-state index in [-0.39, 0.29) is 5.56 Å². The molecule has 0 saturated heterocycles. The number of nitrogens with one attached hydrogen (secondary N) is 2. The van der Waals surface area contributed by atoms with Crippen molar-refractivity contribution in [2.45, 2.75) is 0 Å². The van der Waals surface area contributed by atoms with Gasteiger partial charge in [-0.1, -0.05) is 11.6 Å². The molecular formula is C20H16ClN3O4. The summed E-state index contributed by atoms with van der Waals surface area (Å²) in [5.41, 5.74) is 5.24. The number of hydrazine groups is 1. The quantitative estimate of drug-likeness (QED) is 0.642. The zero-order valence-electron chi connectivity index (χ0n) is 14.8. The van der Waals surface area contributed by atoms with Gasteiger partial charge in [0.25, 0.3) is 11.8 Å². The Labute approximate surface area is 166 Å². The van der Waals surface area contributed by atoms with Crippen LogP contribution >= 0.6 is 11.6 Å². The number of benzene rings is 2. The predicted molar refractivity (Wildman–Crippen MR) is 104 cm³/mol. The van der Waals surface area contributed by atoms with E-state index in [9.17, 15) is 9.59 Å². The third-order valence-electron chi connectivity index (χ3n) is 3.70. The van der Waals surface area contributed by atoms with E-state index in [2.05, 4.69) is 15.8 Å². The van der Waals surface area contributed by atoms with Crippen LogP contribution in [0.3, 0.4) is 0 Å². The Balaban J connectivity index is 1.60. The van der Waals surface area contributed by atoms with Crippen molar-refractivity contribution in [1.29, 1.82) is 0 Å². The van der Waals surface area contributed by atoms with Crippen molar-refractivity contribution in [3.05, 3.63) is 83.1 Å². The molecule has 0 aliphatic rings. The zero-order chi connectivity index (χ0) is 19.9. The first-order valence-corrected chi connectivity index (χ1v) is 8.57. The van der Waals surface area contributed by atoms with E-state index >= 15 is 0 Å². The first-order chi connectivity index (χ1) is 13.6. The first kappa shape index (κ1) is 19.2. The molecule has 7 nitrogen and oxygen atoms in total. The van der Waals surface area contributed by atoms with Gasteiger partial charge in [-0.2, -0.15) is 0 Å². The van der Waals surface area contributed by atoms with Crippen LogP contribution in [-0.2, 0) is 0 Å². The number of carbonyl (C=O) groups excluding carboxylic acids is 2. The molecule has 1 aromatic heterocycles. The fourth-order valence-electron chi connectivity index (χ4n) is 2.33. The molecule has 28 heavy (non-hydrogen) atoms. The average molecular weight is 398 g/mol. The standard InChI is InChI=1S/C20H16ClN3O4/c1-27-18-7-4-14(21)12-17(18)20(26)24-23-19(25)13-2-5-15(6-3-13)28-16-8-10-22-11-9-16/h2-12H,1H3,(H,23,25)(H,24,26). The summed E-state index contributed by atoms with van der Waals surface area (Å²) < 4.78 is 10.8. The van der Waals surface area contributed by atoms with Crippen LogP contribution in [0.4, 0.5) is 0 Å². The van der Waals surface area contributed by atoms with Crippen LogP contribution in [0.15, 0.2) is 67.0 Å². The van der Waals surface area contributed by atoms with Gasteiger partial charge in [-0.15, -0.1) is 0 Å². The van der Waals surface area contributed by atoms with E-state index in [1.165, 1.54) is 13.2 Å². The van der Waals surface area contributed by atoms with Gasteiger partial charge in [0, 0.05) is 23.0 Å². The Hall–Kier alpha value is -3.58. The Morgan fingerprint density at radius 2 is 1.54 bits per heavy atom. The lowest BCUT2D eigenvalue weighted by Gasteiger charge is -2.11. The summed E-state index contributed by atoms with van der Waals surface area (Å²) >= 11 is 5.91. The molecule has 0 fully saturated rings. The van der Waals surface area contributed by atoms with E-state index in [1.807, 2.05) is 0 Å². The molecule has 0 radical (unpaired) electrons. The van der Waals surface area contributed by atoms with Crippen LogP contribution < -0.4 is 20.3 Å². The van der Waals surface area contributed by atoms with Gasteiger partial charge in [0.15, 0.2) is 0 Å². The van der Waals surface area contributed by atoms with Crippen LogP contribution in [0, 0.1) is 0 Å².